The van der Waals surface area contributed by atoms with Crippen LogP contribution in [0.15, 0.2) is 36.7 Å². The van der Waals surface area contributed by atoms with Crippen molar-refractivity contribution in [2.24, 2.45) is 0 Å². The molecule has 2 aromatic rings. The van der Waals surface area contributed by atoms with E-state index >= 15 is 0 Å². The number of hydrogen-bond acceptors (Lipinski definition) is 3. The van der Waals surface area contributed by atoms with E-state index in [1.807, 2.05) is 18.2 Å². The van der Waals surface area contributed by atoms with Crippen LogP contribution in [0.5, 0.6) is 0 Å². The fourth-order valence-corrected chi connectivity index (χ4v) is 1.41. The summed E-state index contributed by atoms with van der Waals surface area (Å²) in [5, 5.41) is 0. The van der Waals surface area contributed by atoms with Gasteiger partial charge in [0.05, 0.1) is 0 Å². The quantitative estimate of drug-likeness (QED) is 0.731. The zero-order valence-electron chi connectivity index (χ0n) is 9.81. The van der Waals surface area contributed by atoms with E-state index in [0.29, 0.717) is 5.82 Å². The number of nitrogens with zero attached hydrogens (tertiary/aromatic N) is 3. The Morgan fingerprint density at radius 1 is 0.938 bits per heavy atom. The summed E-state index contributed by atoms with van der Waals surface area (Å²) in [6.45, 7) is 6.43. The molecule has 0 saturated carbocycles. The third-order valence-electron chi connectivity index (χ3n) is 2.31. The van der Waals surface area contributed by atoms with Crippen molar-refractivity contribution < 1.29 is 0 Å². The van der Waals surface area contributed by atoms with Gasteiger partial charge in [0.25, 0.3) is 0 Å². The molecule has 0 fully saturated rings. The van der Waals surface area contributed by atoms with E-state index in [0.717, 1.165) is 11.4 Å². The Morgan fingerprint density at radius 2 is 1.62 bits per heavy atom. The van der Waals surface area contributed by atoms with Crippen LogP contribution in [-0.4, -0.2) is 15.0 Å². The highest BCUT2D eigenvalue weighted by atomic mass is 14.9. The van der Waals surface area contributed by atoms with Crippen LogP contribution >= 0.6 is 0 Å². The molecule has 3 heteroatoms. The predicted molar refractivity (Wildman–Crippen MR) is 64.0 cm³/mol. The van der Waals surface area contributed by atoms with Crippen molar-refractivity contribution in [3.8, 4) is 11.5 Å². The van der Waals surface area contributed by atoms with Crippen molar-refractivity contribution in [2.45, 2.75) is 26.2 Å². The average molecular weight is 213 g/mol. The van der Waals surface area contributed by atoms with Gasteiger partial charge in [-0.2, -0.15) is 0 Å². The molecule has 0 N–H and O–H groups in total. The van der Waals surface area contributed by atoms with Crippen LogP contribution in [0.3, 0.4) is 0 Å². The van der Waals surface area contributed by atoms with Crippen LogP contribution in [0, 0.1) is 0 Å². The lowest BCUT2D eigenvalue weighted by Crippen LogP contribution is -2.13. The molecule has 0 aliphatic rings. The normalized spacial score (nSPS) is 11.4. The molecule has 0 saturated heterocycles. The van der Waals surface area contributed by atoms with Gasteiger partial charge in [-0.15, -0.1) is 0 Å². The Morgan fingerprint density at radius 3 is 2.25 bits per heavy atom. The van der Waals surface area contributed by atoms with Crippen molar-refractivity contribution in [1.82, 2.24) is 15.0 Å². The number of aromatic nitrogens is 3. The number of hydrogen-bond donors (Lipinski definition) is 0. The van der Waals surface area contributed by atoms with Gasteiger partial charge in [0, 0.05) is 23.5 Å². The fraction of sp³-hybridized carbons (Fsp3) is 0.308. The first-order chi connectivity index (χ1) is 7.57. The van der Waals surface area contributed by atoms with E-state index in [-0.39, 0.29) is 5.41 Å². The van der Waals surface area contributed by atoms with Crippen LogP contribution in [0.25, 0.3) is 11.5 Å². The van der Waals surface area contributed by atoms with Crippen molar-refractivity contribution in [3.63, 3.8) is 0 Å². The molecule has 0 amide bonds. The average Bonchev–Trinajstić information content (AvgIpc) is 2.29. The maximum absolute atomic E-state index is 4.59. The summed E-state index contributed by atoms with van der Waals surface area (Å²) in [5.74, 6) is 0.675. The van der Waals surface area contributed by atoms with Gasteiger partial charge in [-0.1, -0.05) is 26.8 Å². The summed E-state index contributed by atoms with van der Waals surface area (Å²) in [7, 11) is 0. The standard InChI is InChI=1S/C13H15N3/c1-13(2,3)11-7-4-6-10(16-11)12-14-8-5-9-15-12/h4-9H,1-3H3. The smallest absolute Gasteiger partial charge is 0.178 e. The summed E-state index contributed by atoms with van der Waals surface area (Å²) in [6.07, 6.45) is 3.46. The zero-order valence-corrected chi connectivity index (χ0v) is 9.81. The Hall–Kier alpha value is -1.77. The van der Waals surface area contributed by atoms with Gasteiger partial charge in [0.2, 0.25) is 0 Å². The number of pyridine rings is 1. The van der Waals surface area contributed by atoms with Crippen LogP contribution in [0.1, 0.15) is 26.5 Å². The molecular formula is C13H15N3. The minimum atomic E-state index is 0.0464. The summed E-state index contributed by atoms with van der Waals surface area (Å²) < 4.78 is 0. The molecule has 0 bridgehead atoms. The first kappa shape index (κ1) is 10.7. The maximum Gasteiger partial charge on any atom is 0.178 e. The molecule has 3 nitrogen and oxygen atoms in total. The Balaban J connectivity index is 2.45. The molecule has 2 rings (SSSR count). The molecular weight excluding hydrogens is 198 g/mol. The van der Waals surface area contributed by atoms with Crippen LogP contribution in [0.4, 0.5) is 0 Å². The second kappa shape index (κ2) is 4.00. The SMILES string of the molecule is CC(C)(C)c1cccc(-c2ncccn2)n1. The Bertz CT molecular complexity index is 472. The van der Waals surface area contributed by atoms with Gasteiger partial charge in [0.1, 0.15) is 5.69 Å². The molecule has 82 valence electrons. The van der Waals surface area contributed by atoms with E-state index in [1.165, 1.54) is 0 Å². The number of rotatable bonds is 1. The van der Waals surface area contributed by atoms with Gasteiger partial charge in [-0.3, -0.25) is 0 Å². The van der Waals surface area contributed by atoms with Crippen molar-refractivity contribution >= 4 is 0 Å². The molecule has 0 radical (unpaired) electrons. The van der Waals surface area contributed by atoms with Crippen molar-refractivity contribution in [1.29, 1.82) is 0 Å². The lowest BCUT2D eigenvalue weighted by atomic mass is 9.91. The fourth-order valence-electron chi connectivity index (χ4n) is 1.41. The highest BCUT2D eigenvalue weighted by molar-refractivity contribution is 5.48. The molecule has 0 atom stereocenters. The molecule has 0 aliphatic heterocycles. The molecule has 16 heavy (non-hydrogen) atoms. The molecule has 2 heterocycles. The second-order valence-corrected chi connectivity index (χ2v) is 4.73. The van der Waals surface area contributed by atoms with Gasteiger partial charge in [-0.05, 0) is 18.2 Å². The third kappa shape index (κ3) is 2.24. The first-order valence-corrected chi connectivity index (χ1v) is 5.32. The molecule has 0 aromatic carbocycles. The Labute approximate surface area is 95.6 Å². The van der Waals surface area contributed by atoms with Crippen molar-refractivity contribution in [3.05, 3.63) is 42.4 Å². The highest BCUT2D eigenvalue weighted by Gasteiger charge is 2.16. The summed E-state index contributed by atoms with van der Waals surface area (Å²) in [5.41, 5.74) is 1.93. The van der Waals surface area contributed by atoms with Crippen molar-refractivity contribution in [2.75, 3.05) is 0 Å². The van der Waals surface area contributed by atoms with Crippen LogP contribution < -0.4 is 0 Å². The van der Waals surface area contributed by atoms with Crippen LogP contribution in [0.2, 0.25) is 0 Å². The summed E-state index contributed by atoms with van der Waals surface area (Å²) in [4.78, 5) is 13.0. The molecule has 0 unspecified atom stereocenters. The minimum Gasteiger partial charge on any atom is -0.249 e. The Kier molecular flexibility index (Phi) is 2.69. The lowest BCUT2D eigenvalue weighted by molar-refractivity contribution is 0.569. The zero-order chi connectivity index (χ0) is 11.6. The third-order valence-corrected chi connectivity index (χ3v) is 2.31. The van der Waals surface area contributed by atoms with E-state index in [4.69, 9.17) is 0 Å². The summed E-state index contributed by atoms with van der Waals surface area (Å²) >= 11 is 0. The second-order valence-electron chi connectivity index (χ2n) is 4.73. The summed E-state index contributed by atoms with van der Waals surface area (Å²) in [6, 6.07) is 7.77. The minimum absolute atomic E-state index is 0.0464. The first-order valence-electron chi connectivity index (χ1n) is 5.32. The van der Waals surface area contributed by atoms with Gasteiger partial charge in [0.15, 0.2) is 5.82 Å². The molecule has 2 aromatic heterocycles. The highest BCUT2D eigenvalue weighted by Crippen LogP contribution is 2.22. The maximum atomic E-state index is 4.59. The van der Waals surface area contributed by atoms with E-state index in [2.05, 4.69) is 35.7 Å². The van der Waals surface area contributed by atoms with Crippen LogP contribution in [-0.2, 0) is 5.41 Å². The molecule has 0 spiro atoms. The van der Waals surface area contributed by atoms with Gasteiger partial charge >= 0.3 is 0 Å². The van der Waals surface area contributed by atoms with Gasteiger partial charge < -0.3 is 0 Å². The lowest BCUT2D eigenvalue weighted by Gasteiger charge is -2.17. The van der Waals surface area contributed by atoms with E-state index in [1.54, 1.807) is 18.5 Å². The molecule has 0 aliphatic carbocycles. The largest absolute Gasteiger partial charge is 0.249 e. The monoisotopic (exact) mass is 213 g/mol. The van der Waals surface area contributed by atoms with Gasteiger partial charge in [-0.25, -0.2) is 15.0 Å². The predicted octanol–water partition coefficient (Wildman–Crippen LogP) is 2.84. The van der Waals surface area contributed by atoms with E-state index in [9.17, 15) is 0 Å². The topological polar surface area (TPSA) is 38.7 Å². The van der Waals surface area contributed by atoms with E-state index < -0.39 is 0 Å².